The van der Waals surface area contributed by atoms with Gasteiger partial charge in [0.2, 0.25) is 14.9 Å². The van der Waals surface area contributed by atoms with Crippen LogP contribution in [-0.4, -0.2) is 53.1 Å². The summed E-state index contributed by atoms with van der Waals surface area (Å²) in [5, 5.41) is 2.67. The third kappa shape index (κ3) is 6.37. The highest BCUT2D eigenvalue weighted by Gasteiger charge is 2.26. The first-order valence-electron chi connectivity index (χ1n) is 12.2. The summed E-state index contributed by atoms with van der Waals surface area (Å²) in [6.45, 7) is 2.17. The van der Waals surface area contributed by atoms with Gasteiger partial charge in [-0.3, -0.25) is 9.69 Å². The summed E-state index contributed by atoms with van der Waals surface area (Å²) in [4.78, 5) is 15.5. The topological polar surface area (TPSA) is 98.1 Å². The van der Waals surface area contributed by atoms with Crippen LogP contribution in [0.2, 0.25) is 0 Å². The average molecular weight is 592 g/mol. The van der Waals surface area contributed by atoms with Gasteiger partial charge in [0.1, 0.15) is 0 Å². The second-order valence-corrected chi connectivity index (χ2v) is 11.7. The number of amides is 1. The van der Waals surface area contributed by atoms with Gasteiger partial charge in [0, 0.05) is 11.0 Å². The molecule has 0 spiro atoms. The number of hydrogen-bond acceptors (Lipinski definition) is 7. The van der Waals surface area contributed by atoms with E-state index in [1.165, 1.54) is 37.1 Å². The zero-order chi connectivity index (χ0) is 26.4. The fourth-order valence-corrected chi connectivity index (χ4v) is 5.96. The Labute approximate surface area is 226 Å². The van der Waals surface area contributed by atoms with Crippen molar-refractivity contribution in [2.45, 2.75) is 41.7 Å². The smallest absolute Gasteiger partial charge is 0.287 e. The van der Waals surface area contributed by atoms with Gasteiger partial charge in [-0.1, -0.05) is 34.8 Å². The van der Waals surface area contributed by atoms with Gasteiger partial charge in [0.25, 0.3) is 5.91 Å². The van der Waals surface area contributed by atoms with Crippen molar-refractivity contribution in [2.75, 3.05) is 33.9 Å². The Kier molecular flexibility index (Phi) is 8.94. The van der Waals surface area contributed by atoms with Crippen LogP contribution in [0.5, 0.6) is 11.5 Å². The number of methoxy groups -OCH3 is 2. The van der Waals surface area contributed by atoms with E-state index < -0.39 is 15.7 Å². The van der Waals surface area contributed by atoms with Gasteiger partial charge in [-0.15, -0.1) is 0 Å². The van der Waals surface area contributed by atoms with E-state index in [1.807, 2.05) is 18.2 Å². The Morgan fingerprint density at radius 2 is 1.65 bits per heavy atom. The number of hydrogen-bond donors (Lipinski definition) is 1. The minimum atomic E-state index is -3.88. The van der Waals surface area contributed by atoms with Crippen LogP contribution >= 0.6 is 15.9 Å². The standard InChI is InChI=1S/C27H31BrN2O6S/c1-34-23-12-7-19(17-25(23)35-2)22(30-15-5-3-4-6-16-30)18-29-27(31)24-13-14-26(36-24)37(32,33)21-10-8-20(28)9-11-21/h7-14,17,22H,3-6,15-16,18H2,1-2H3,(H,29,31). The molecule has 1 fully saturated rings. The van der Waals surface area contributed by atoms with Crippen molar-refractivity contribution >= 4 is 31.7 Å². The molecular weight excluding hydrogens is 560 g/mol. The molecule has 2 heterocycles. The SMILES string of the molecule is COc1ccc(C(CNC(=O)c2ccc(S(=O)(=O)c3ccc(Br)cc3)o2)N2CCCCCC2)cc1OC. The van der Waals surface area contributed by atoms with Gasteiger partial charge in [-0.05, 0) is 80.0 Å². The molecule has 1 saturated heterocycles. The van der Waals surface area contributed by atoms with Crippen molar-refractivity contribution in [3.8, 4) is 11.5 Å². The maximum Gasteiger partial charge on any atom is 0.287 e. The second kappa shape index (κ2) is 12.1. The van der Waals surface area contributed by atoms with E-state index in [-0.39, 0.29) is 21.8 Å². The molecule has 1 aliphatic heterocycles. The fourth-order valence-electron chi connectivity index (χ4n) is 4.52. The number of halogens is 1. The Morgan fingerprint density at radius 3 is 2.30 bits per heavy atom. The van der Waals surface area contributed by atoms with Crippen molar-refractivity contribution < 1.29 is 27.1 Å². The number of rotatable bonds is 9. The summed E-state index contributed by atoms with van der Waals surface area (Å²) in [6.07, 6.45) is 4.55. The van der Waals surface area contributed by atoms with Crippen LogP contribution in [0.1, 0.15) is 47.8 Å². The molecule has 1 atom stereocenters. The van der Waals surface area contributed by atoms with Gasteiger partial charge in [0.15, 0.2) is 17.3 Å². The van der Waals surface area contributed by atoms with Crippen molar-refractivity contribution in [2.24, 2.45) is 0 Å². The molecule has 1 amide bonds. The van der Waals surface area contributed by atoms with E-state index in [2.05, 4.69) is 26.1 Å². The van der Waals surface area contributed by atoms with E-state index in [1.54, 1.807) is 26.4 Å². The monoisotopic (exact) mass is 590 g/mol. The Balaban J connectivity index is 1.53. The number of furan rings is 1. The molecular formula is C27H31BrN2O6S. The van der Waals surface area contributed by atoms with E-state index in [0.717, 1.165) is 36.0 Å². The molecule has 0 radical (unpaired) electrons. The molecule has 0 saturated carbocycles. The van der Waals surface area contributed by atoms with Crippen LogP contribution in [0.4, 0.5) is 0 Å². The van der Waals surface area contributed by atoms with Gasteiger partial charge in [-0.25, -0.2) is 8.42 Å². The molecule has 4 rings (SSSR count). The second-order valence-electron chi connectivity index (χ2n) is 8.87. The molecule has 3 aromatic rings. The van der Waals surface area contributed by atoms with Crippen LogP contribution in [0.3, 0.4) is 0 Å². The normalized spacial score (nSPS) is 15.5. The lowest BCUT2D eigenvalue weighted by molar-refractivity contribution is 0.0900. The first-order chi connectivity index (χ1) is 17.8. The molecule has 37 heavy (non-hydrogen) atoms. The van der Waals surface area contributed by atoms with E-state index in [9.17, 15) is 13.2 Å². The lowest BCUT2D eigenvalue weighted by atomic mass is 10.0. The van der Waals surface area contributed by atoms with E-state index >= 15 is 0 Å². The van der Waals surface area contributed by atoms with E-state index in [4.69, 9.17) is 13.9 Å². The van der Waals surface area contributed by atoms with Crippen LogP contribution < -0.4 is 14.8 Å². The Morgan fingerprint density at radius 1 is 0.973 bits per heavy atom. The van der Waals surface area contributed by atoms with Crippen molar-refractivity contribution in [1.82, 2.24) is 10.2 Å². The fraction of sp³-hybridized carbons (Fsp3) is 0.370. The lowest BCUT2D eigenvalue weighted by Crippen LogP contribution is -2.38. The summed E-state index contributed by atoms with van der Waals surface area (Å²) >= 11 is 3.30. The summed E-state index contributed by atoms with van der Waals surface area (Å²) in [5.41, 5.74) is 0.998. The van der Waals surface area contributed by atoms with Crippen molar-refractivity contribution in [1.29, 1.82) is 0 Å². The minimum absolute atomic E-state index is 0.0578. The highest BCUT2D eigenvalue weighted by molar-refractivity contribution is 9.10. The van der Waals surface area contributed by atoms with Crippen LogP contribution in [0.25, 0.3) is 0 Å². The number of ether oxygens (including phenoxy) is 2. The number of sulfone groups is 1. The Bertz CT molecular complexity index is 1310. The number of carbonyl (C=O) groups is 1. The molecule has 8 nitrogen and oxygen atoms in total. The molecule has 1 aliphatic rings. The first kappa shape index (κ1) is 27.2. The third-order valence-electron chi connectivity index (χ3n) is 6.52. The van der Waals surface area contributed by atoms with Gasteiger partial charge < -0.3 is 19.2 Å². The predicted molar refractivity (Wildman–Crippen MR) is 143 cm³/mol. The van der Waals surface area contributed by atoms with Crippen LogP contribution in [-0.2, 0) is 9.84 Å². The molecule has 10 heteroatoms. The van der Waals surface area contributed by atoms with Crippen molar-refractivity contribution in [3.05, 3.63) is 70.4 Å². The molecule has 1 aromatic heterocycles. The number of nitrogens with one attached hydrogen (secondary N) is 1. The molecule has 2 aromatic carbocycles. The maximum absolute atomic E-state index is 13.0. The van der Waals surface area contributed by atoms with Gasteiger partial charge in [-0.2, -0.15) is 0 Å². The molecule has 198 valence electrons. The lowest BCUT2D eigenvalue weighted by Gasteiger charge is -2.31. The van der Waals surface area contributed by atoms with Crippen LogP contribution in [0, 0.1) is 0 Å². The van der Waals surface area contributed by atoms with Crippen LogP contribution in [0.15, 0.2) is 73.5 Å². The number of benzene rings is 2. The van der Waals surface area contributed by atoms with E-state index in [0.29, 0.717) is 18.0 Å². The Hall–Kier alpha value is -2.82. The first-order valence-corrected chi connectivity index (χ1v) is 14.5. The molecule has 1 N–H and O–H groups in total. The van der Waals surface area contributed by atoms with Crippen molar-refractivity contribution in [3.63, 3.8) is 0 Å². The highest BCUT2D eigenvalue weighted by atomic mass is 79.9. The number of carbonyl (C=O) groups excluding carboxylic acids is 1. The number of nitrogens with zero attached hydrogens (tertiary/aromatic N) is 1. The average Bonchev–Trinajstić information content (AvgIpc) is 3.27. The maximum atomic E-state index is 13.0. The summed E-state index contributed by atoms with van der Waals surface area (Å²) in [7, 11) is -0.685. The molecule has 0 aliphatic carbocycles. The predicted octanol–water partition coefficient (Wildman–Crippen LogP) is 5.24. The molecule has 1 unspecified atom stereocenters. The quantitative estimate of drug-likeness (QED) is 0.364. The summed E-state index contributed by atoms with van der Waals surface area (Å²) in [6, 6.07) is 14.6. The third-order valence-corrected chi connectivity index (χ3v) is 8.69. The minimum Gasteiger partial charge on any atom is -0.493 e. The zero-order valence-corrected chi connectivity index (χ0v) is 23.3. The zero-order valence-electron chi connectivity index (χ0n) is 20.9. The largest absolute Gasteiger partial charge is 0.493 e. The number of likely N-dealkylation sites (tertiary alicyclic amines) is 1. The molecule has 0 bridgehead atoms. The van der Waals surface area contributed by atoms with Gasteiger partial charge in [0.05, 0.1) is 25.2 Å². The summed E-state index contributed by atoms with van der Waals surface area (Å²) in [5.74, 6) is 0.732. The van der Waals surface area contributed by atoms with Gasteiger partial charge >= 0.3 is 0 Å². The summed E-state index contributed by atoms with van der Waals surface area (Å²) < 4.78 is 43.0. The highest BCUT2D eigenvalue weighted by Crippen LogP contribution is 2.33.